The normalized spacial score (nSPS) is 14.7. The molecule has 3 rings (SSSR count). The Labute approximate surface area is 162 Å². The lowest BCUT2D eigenvalue weighted by Crippen LogP contribution is -2.50. The third-order valence-electron chi connectivity index (χ3n) is 5.32. The molecule has 0 N–H and O–H groups in total. The number of aryl methyl sites for hydroxylation is 3. The van der Waals surface area contributed by atoms with Crippen LogP contribution in [0, 0.1) is 26.7 Å². The minimum Gasteiger partial charge on any atom is -0.353 e. The van der Waals surface area contributed by atoms with Crippen molar-refractivity contribution >= 4 is 11.7 Å². The van der Waals surface area contributed by atoms with E-state index in [9.17, 15) is 4.79 Å². The van der Waals surface area contributed by atoms with Gasteiger partial charge in [-0.2, -0.15) is 0 Å². The van der Waals surface area contributed by atoms with Gasteiger partial charge >= 0.3 is 0 Å². The van der Waals surface area contributed by atoms with Gasteiger partial charge in [0.25, 0.3) is 0 Å². The number of hydrogen-bond acceptors (Lipinski definition) is 4. The van der Waals surface area contributed by atoms with Crippen LogP contribution in [-0.4, -0.2) is 47.0 Å². The van der Waals surface area contributed by atoms with Gasteiger partial charge in [-0.1, -0.05) is 38.1 Å². The minimum absolute atomic E-state index is 0.0525. The van der Waals surface area contributed by atoms with Crippen LogP contribution in [0.5, 0.6) is 0 Å². The highest BCUT2D eigenvalue weighted by molar-refractivity contribution is 5.78. The van der Waals surface area contributed by atoms with Crippen LogP contribution in [0.2, 0.25) is 0 Å². The van der Waals surface area contributed by atoms with Gasteiger partial charge in [-0.25, -0.2) is 9.97 Å². The van der Waals surface area contributed by atoms with Crippen molar-refractivity contribution in [2.75, 3.05) is 31.1 Å². The summed E-state index contributed by atoms with van der Waals surface area (Å²) in [6.45, 7) is 13.2. The van der Waals surface area contributed by atoms with Crippen LogP contribution in [0.25, 0.3) is 0 Å². The average Bonchev–Trinajstić information content (AvgIpc) is 2.64. The Balaban J connectivity index is 1.86. The zero-order valence-electron chi connectivity index (χ0n) is 17.1. The number of anilines is 1. The zero-order valence-corrected chi connectivity index (χ0v) is 17.1. The van der Waals surface area contributed by atoms with Crippen LogP contribution in [0.3, 0.4) is 0 Å². The molecule has 1 aromatic carbocycles. The molecule has 2 aromatic rings. The number of amides is 1. The molecule has 2 heterocycles. The number of benzene rings is 1. The summed E-state index contributed by atoms with van der Waals surface area (Å²) >= 11 is 0. The molecule has 1 fully saturated rings. The van der Waals surface area contributed by atoms with Gasteiger partial charge in [0.2, 0.25) is 5.91 Å². The van der Waals surface area contributed by atoms with E-state index >= 15 is 0 Å². The number of hydrogen-bond donors (Lipinski definition) is 0. The standard InChI is InChI=1S/C22H30N4O/c1-15(2)22(27)26-12-10-25(11-13-26)21-20(17(4)23-18(5)24-21)14-19-9-7-6-8-16(19)3/h6-9,15H,10-14H2,1-5H3. The Morgan fingerprint density at radius 3 is 2.33 bits per heavy atom. The zero-order chi connectivity index (χ0) is 19.6. The molecule has 0 atom stereocenters. The fourth-order valence-corrected chi connectivity index (χ4v) is 3.69. The van der Waals surface area contributed by atoms with Gasteiger partial charge in [-0.15, -0.1) is 0 Å². The van der Waals surface area contributed by atoms with Crippen molar-refractivity contribution in [3.05, 3.63) is 52.5 Å². The summed E-state index contributed by atoms with van der Waals surface area (Å²) in [5.74, 6) is 2.12. The van der Waals surface area contributed by atoms with Crippen LogP contribution in [0.4, 0.5) is 5.82 Å². The summed E-state index contributed by atoms with van der Waals surface area (Å²) < 4.78 is 0. The molecule has 1 aliphatic rings. The van der Waals surface area contributed by atoms with E-state index in [1.807, 2.05) is 25.7 Å². The molecule has 0 spiro atoms. The number of nitrogens with zero attached hydrogens (tertiary/aromatic N) is 4. The molecule has 27 heavy (non-hydrogen) atoms. The van der Waals surface area contributed by atoms with E-state index < -0.39 is 0 Å². The van der Waals surface area contributed by atoms with Crippen LogP contribution in [0.15, 0.2) is 24.3 Å². The molecule has 5 nitrogen and oxygen atoms in total. The largest absolute Gasteiger partial charge is 0.353 e. The van der Waals surface area contributed by atoms with Crippen molar-refractivity contribution in [2.45, 2.75) is 41.0 Å². The molecule has 0 aliphatic carbocycles. The monoisotopic (exact) mass is 366 g/mol. The van der Waals surface area contributed by atoms with Crippen molar-refractivity contribution in [3.63, 3.8) is 0 Å². The smallest absolute Gasteiger partial charge is 0.225 e. The Hall–Kier alpha value is -2.43. The van der Waals surface area contributed by atoms with Gasteiger partial charge < -0.3 is 9.80 Å². The van der Waals surface area contributed by atoms with E-state index in [1.54, 1.807) is 0 Å². The summed E-state index contributed by atoms with van der Waals surface area (Å²) in [6, 6.07) is 8.49. The number of carbonyl (C=O) groups excluding carboxylic acids is 1. The lowest BCUT2D eigenvalue weighted by atomic mass is 9.99. The maximum atomic E-state index is 12.3. The molecule has 1 aromatic heterocycles. The number of aromatic nitrogens is 2. The first-order valence-corrected chi connectivity index (χ1v) is 9.79. The van der Waals surface area contributed by atoms with Crippen molar-refractivity contribution in [2.24, 2.45) is 5.92 Å². The Bertz CT molecular complexity index is 823. The van der Waals surface area contributed by atoms with Gasteiger partial charge in [0.15, 0.2) is 0 Å². The van der Waals surface area contributed by atoms with Gasteiger partial charge in [0, 0.05) is 49.8 Å². The first-order valence-electron chi connectivity index (χ1n) is 9.79. The van der Waals surface area contributed by atoms with E-state index in [0.717, 1.165) is 49.9 Å². The number of carbonyl (C=O) groups is 1. The van der Waals surface area contributed by atoms with Crippen molar-refractivity contribution in [1.29, 1.82) is 0 Å². The van der Waals surface area contributed by atoms with Gasteiger partial charge in [0.1, 0.15) is 11.6 Å². The van der Waals surface area contributed by atoms with Crippen molar-refractivity contribution in [1.82, 2.24) is 14.9 Å². The summed E-state index contributed by atoms with van der Waals surface area (Å²) in [5.41, 5.74) is 4.83. The highest BCUT2D eigenvalue weighted by atomic mass is 16.2. The van der Waals surface area contributed by atoms with E-state index in [-0.39, 0.29) is 11.8 Å². The summed E-state index contributed by atoms with van der Waals surface area (Å²) in [5, 5.41) is 0. The SMILES string of the molecule is Cc1nc(C)c(Cc2ccccc2C)c(N2CCN(C(=O)C(C)C)CC2)n1. The molecule has 0 bridgehead atoms. The van der Waals surface area contributed by atoms with E-state index in [1.165, 1.54) is 16.7 Å². The molecule has 1 saturated heterocycles. The van der Waals surface area contributed by atoms with Gasteiger partial charge in [-0.05, 0) is 31.9 Å². The Morgan fingerprint density at radius 1 is 1.04 bits per heavy atom. The minimum atomic E-state index is 0.0525. The lowest BCUT2D eigenvalue weighted by molar-refractivity contribution is -0.134. The Morgan fingerprint density at radius 2 is 1.70 bits per heavy atom. The lowest BCUT2D eigenvalue weighted by Gasteiger charge is -2.37. The predicted molar refractivity (Wildman–Crippen MR) is 109 cm³/mol. The molecule has 5 heteroatoms. The third kappa shape index (κ3) is 4.29. The second-order valence-corrected chi connectivity index (χ2v) is 7.73. The van der Waals surface area contributed by atoms with Crippen molar-refractivity contribution < 1.29 is 4.79 Å². The van der Waals surface area contributed by atoms with Crippen LogP contribution < -0.4 is 4.90 Å². The molecule has 1 aliphatic heterocycles. The predicted octanol–water partition coefficient (Wildman–Crippen LogP) is 3.30. The second kappa shape index (κ2) is 8.07. The highest BCUT2D eigenvalue weighted by Gasteiger charge is 2.25. The van der Waals surface area contributed by atoms with E-state index in [0.29, 0.717) is 0 Å². The van der Waals surface area contributed by atoms with Crippen LogP contribution in [0.1, 0.15) is 42.1 Å². The summed E-state index contributed by atoms with van der Waals surface area (Å²) in [7, 11) is 0. The molecule has 0 saturated carbocycles. The van der Waals surface area contributed by atoms with Crippen LogP contribution >= 0.6 is 0 Å². The van der Waals surface area contributed by atoms with Crippen LogP contribution in [-0.2, 0) is 11.2 Å². The molecule has 0 radical (unpaired) electrons. The maximum absolute atomic E-state index is 12.3. The average molecular weight is 367 g/mol. The van der Waals surface area contributed by atoms with E-state index in [2.05, 4.69) is 48.0 Å². The fourth-order valence-electron chi connectivity index (χ4n) is 3.69. The van der Waals surface area contributed by atoms with Gasteiger partial charge in [-0.3, -0.25) is 4.79 Å². The molecular formula is C22H30N4O. The summed E-state index contributed by atoms with van der Waals surface area (Å²) in [4.78, 5) is 26.0. The first kappa shape index (κ1) is 19.3. The number of piperazine rings is 1. The third-order valence-corrected chi connectivity index (χ3v) is 5.32. The maximum Gasteiger partial charge on any atom is 0.225 e. The van der Waals surface area contributed by atoms with Crippen molar-refractivity contribution in [3.8, 4) is 0 Å². The first-order chi connectivity index (χ1) is 12.9. The Kier molecular flexibility index (Phi) is 5.78. The molecule has 144 valence electrons. The second-order valence-electron chi connectivity index (χ2n) is 7.73. The fraction of sp³-hybridized carbons (Fsp3) is 0.500. The van der Waals surface area contributed by atoms with Gasteiger partial charge in [0.05, 0.1) is 0 Å². The topological polar surface area (TPSA) is 49.3 Å². The van der Waals surface area contributed by atoms with E-state index in [4.69, 9.17) is 4.98 Å². The quantitative estimate of drug-likeness (QED) is 0.833. The highest BCUT2D eigenvalue weighted by Crippen LogP contribution is 2.26. The number of rotatable bonds is 4. The molecule has 1 amide bonds. The summed E-state index contributed by atoms with van der Waals surface area (Å²) in [6.07, 6.45) is 0.833. The molecule has 0 unspecified atom stereocenters. The molecular weight excluding hydrogens is 336 g/mol.